The Morgan fingerprint density at radius 1 is 1.19 bits per heavy atom. The molecule has 7 heteroatoms. The fourth-order valence-corrected chi connectivity index (χ4v) is 2.77. The molecule has 0 radical (unpaired) electrons. The number of benzene rings is 2. The van der Waals surface area contributed by atoms with Crippen molar-refractivity contribution in [3.05, 3.63) is 69.7 Å². The first-order chi connectivity index (χ1) is 12.6. The Hall–Kier alpha value is -2.98. The zero-order valence-electron chi connectivity index (χ0n) is 14.1. The van der Waals surface area contributed by atoms with Gasteiger partial charge in [-0.2, -0.15) is 5.26 Å². The van der Waals surface area contributed by atoms with Gasteiger partial charge >= 0.3 is 0 Å². The third-order valence-electron chi connectivity index (χ3n) is 3.87. The normalized spacial score (nSPS) is 10.3. The lowest BCUT2D eigenvalue weighted by Gasteiger charge is -2.08. The number of hydrogen-bond donors (Lipinski definition) is 1. The van der Waals surface area contributed by atoms with Gasteiger partial charge in [-0.25, -0.2) is 4.68 Å². The van der Waals surface area contributed by atoms with Gasteiger partial charge in [0.2, 0.25) is 0 Å². The highest BCUT2D eigenvalue weighted by atomic mass is 79.9. The van der Waals surface area contributed by atoms with Crippen molar-refractivity contribution in [3.63, 3.8) is 0 Å². The van der Waals surface area contributed by atoms with Crippen LogP contribution in [0.2, 0.25) is 0 Å². The summed E-state index contributed by atoms with van der Waals surface area (Å²) >= 11 is 3.41. The fraction of sp³-hybridized carbons (Fsp3) is 0.158. The van der Waals surface area contributed by atoms with Gasteiger partial charge in [-0.15, -0.1) is 5.10 Å². The quantitative estimate of drug-likeness (QED) is 0.666. The minimum absolute atomic E-state index is 0.216. The van der Waals surface area contributed by atoms with E-state index in [0.717, 1.165) is 15.6 Å². The third-order valence-corrected chi connectivity index (χ3v) is 4.40. The van der Waals surface area contributed by atoms with E-state index in [4.69, 9.17) is 15.2 Å². The molecule has 0 saturated heterocycles. The number of methoxy groups -OCH3 is 1. The van der Waals surface area contributed by atoms with E-state index in [-0.39, 0.29) is 23.9 Å². The molecule has 1 heterocycles. The second kappa shape index (κ2) is 7.93. The summed E-state index contributed by atoms with van der Waals surface area (Å²) in [6.45, 7) is 0.680. The van der Waals surface area contributed by atoms with Crippen molar-refractivity contribution < 1.29 is 9.47 Å². The van der Waals surface area contributed by atoms with E-state index in [1.165, 1.54) is 0 Å². The monoisotopic (exact) mass is 412 g/mol. The molecule has 0 amide bonds. The van der Waals surface area contributed by atoms with Crippen LogP contribution in [0.4, 0.5) is 5.82 Å². The molecule has 3 aromatic rings. The molecule has 0 spiro atoms. The summed E-state index contributed by atoms with van der Waals surface area (Å²) in [6, 6.07) is 17.4. The van der Waals surface area contributed by atoms with Crippen LogP contribution < -0.4 is 15.2 Å². The number of hydrogen-bond acceptors (Lipinski definition) is 5. The van der Waals surface area contributed by atoms with E-state index >= 15 is 0 Å². The highest BCUT2D eigenvalue weighted by molar-refractivity contribution is 9.10. The Bertz CT molecular complexity index is 945. The Morgan fingerprint density at radius 2 is 1.92 bits per heavy atom. The van der Waals surface area contributed by atoms with Crippen LogP contribution in [0.3, 0.4) is 0 Å². The van der Waals surface area contributed by atoms with Crippen LogP contribution in [0, 0.1) is 11.3 Å². The molecular formula is C19H17BrN4O2. The molecule has 132 valence electrons. The predicted octanol–water partition coefficient (Wildman–Crippen LogP) is 3.74. The van der Waals surface area contributed by atoms with Gasteiger partial charge in [0.25, 0.3) is 5.88 Å². The second-order valence-electron chi connectivity index (χ2n) is 5.56. The lowest BCUT2D eigenvalue weighted by molar-refractivity contribution is 0.281. The smallest absolute Gasteiger partial charge is 0.253 e. The van der Waals surface area contributed by atoms with Crippen molar-refractivity contribution >= 4 is 21.7 Å². The van der Waals surface area contributed by atoms with Crippen LogP contribution in [-0.4, -0.2) is 16.9 Å². The predicted molar refractivity (Wildman–Crippen MR) is 102 cm³/mol. The van der Waals surface area contributed by atoms with Gasteiger partial charge in [0, 0.05) is 10.0 Å². The van der Waals surface area contributed by atoms with Crippen molar-refractivity contribution in [2.45, 2.75) is 13.2 Å². The molecule has 0 aliphatic rings. The molecule has 0 aliphatic heterocycles. The second-order valence-corrected chi connectivity index (χ2v) is 6.48. The van der Waals surface area contributed by atoms with Gasteiger partial charge in [0.15, 0.2) is 5.56 Å². The maximum Gasteiger partial charge on any atom is 0.253 e. The van der Waals surface area contributed by atoms with Gasteiger partial charge < -0.3 is 15.2 Å². The van der Waals surface area contributed by atoms with Crippen molar-refractivity contribution in [2.75, 3.05) is 12.8 Å². The number of nitrogen functional groups attached to an aromatic ring is 1. The first-order valence-electron chi connectivity index (χ1n) is 7.88. The van der Waals surface area contributed by atoms with Crippen molar-refractivity contribution in [1.82, 2.24) is 9.78 Å². The van der Waals surface area contributed by atoms with E-state index in [0.29, 0.717) is 12.3 Å². The standard InChI is InChI=1S/C19H17BrN4O2/c1-25-17-5-3-2-4-14(17)12-26-19-16(10-21)18(22)24(23-19)11-13-6-8-15(20)9-7-13/h2-9H,11-12,22H2,1H3. The summed E-state index contributed by atoms with van der Waals surface area (Å²) in [6.07, 6.45) is 0. The number of nitrogens with zero attached hydrogens (tertiary/aromatic N) is 3. The van der Waals surface area contributed by atoms with Gasteiger partial charge in [0.1, 0.15) is 24.2 Å². The van der Waals surface area contributed by atoms with Crippen LogP contribution in [0.5, 0.6) is 11.6 Å². The molecule has 0 aliphatic carbocycles. The molecule has 0 unspecified atom stereocenters. The van der Waals surface area contributed by atoms with Gasteiger partial charge in [0.05, 0.1) is 13.7 Å². The van der Waals surface area contributed by atoms with Crippen molar-refractivity contribution in [1.29, 1.82) is 5.26 Å². The zero-order valence-corrected chi connectivity index (χ0v) is 15.7. The minimum atomic E-state index is 0.216. The number of aromatic nitrogens is 2. The van der Waals surface area contributed by atoms with E-state index in [1.54, 1.807) is 11.8 Å². The van der Waals surface area contributed by atoms with Crippen LogP contribution in [0.1, 0.15) is 16.7 Å². The average Bonchev–Trinajstić information content (AvgIpc) is 2.96. The summed E-state index contributed by atoms with van der Waals surface area (Å²) in [5, 5.41) is 13.8. The first kappa shape index (κ1) is 17.8. The number of para-hydroxylation sites is 1. The zero-order chi connectivity index (χ0) is 18.5. The van der Waals surface area contributed by atoms with Gasteiger partial charge in [-0.05, 0) is 23.8 Å². The number of halogens is 1. The molecule has 0 saturated carbocycles. The van der Waals surface area contributed by atoms with E-state index in [1.807, 2.05) is 48.5 Å². The number of anilines is 1. The summed E-state index contributed by atoms with van der Waals surface area (Å²) in [4.78, 5) is 0. The summed E-state index contributed by atoms with van der Waals surface area (Å²) in [5.41, 5.74) is 8.19. The van der Waals surface area contributed by atoms with Crippen molar-refractivity contribution in [2.24, 2.45) is 0 Å². The summed E-state index contributed by atoms with van der Waals surface area (Å²) < 4.78 is 13.6. The third kappa shape index (κ3) is 3.81. The molecule has 0 bridgehead atoms. The molecule has 1 aromatic heterocycles. The molecular weight excluding hydrogens is 396 g/mol. The summed E-state index contributed by atoms with van der Waals surface area (Å²) in [7, 11) is 1.60. The van der Waals surface area contributed by atoms with Crippen molar-refractivity contribution in [3.8, 4) is 17.7 Å². The Morgan fingerprint density at radius 3 is 2.62 bits per heavy atom. The largest absolute Gasteiger partial charge is 0.496 e. The summed E-state index contributed by atoms with van der Waals surface area (Å²) in [5.74, 6) is 1.21. The molecule has 0 fully saturated rings. The SMILES string of the molecule is COc1ccccc1COc1nn(Cc2ccc(Br)cc2)c(N)c1C#N. The van der Waals surface area contributed by atoms with E-state index in [2.05, 4.69) is 27.1 Å². The first-order valence-corrected chi connectivity index (χ1v) is 8.67. The number of ether oxygens (including phenoxy) is 2. The number of nitriles is 1. The Labute approximate surface area is 159 Å². The molecule has 2 N–H and O–H groups in total. The lowest BCUT2D eigenvalue weighted by atomic mass is 10.2. The Balaban J connectivity index is 1.81. The minimum Gasteiger partial charge on any atom is -0.496 e. The van der Waals surface area contributed by atoms with Gasteiger partial charge in [-0.3, -0.25) is 0 Å². The topological polar surface area (TPSA) is 86.1 Å². The van der Waals surface area contributed by atoms with Crippen LogP contribution in [-0.2, 0) is 13.2 Å². The van der Waals surface area contributed by atoms with Crippen LogP contribution in [0.15, 0.2) is 53.0 Å². The molecule has 6 nitrogen and oxygen atoms in total. The van der Waals surface area contributed by atoms with Gasteiger partial charge in [-0.1, -0.05) is 46.3 Å². The fourth-order valence-electron chi connectivity index (χ4n) is 2.51. The Kier molecular flexibility index (Phi) is 5.44. The number of rotatable bonds is 6. The highest BCUT2D eigenvalue weighted by Gasteiger charge is 2.17. The van der Waals surface area contributed by atoms with Crippen LogP contribution in [0.25, 0.3) is 0 Å². The molecule has 3 rings (SSSR count). The maximum atomic E-state index is 9.42. The number of nitrogens with two attached hydrogens (primary N) is 1. The molecule has 2 aromatic carbocycles. The maximum absolute atomic E-state index is 9.42. The van der Waals surface area contributed by atoms with Crippen LogP contribution >= 0.6 is 15.9 Å². The van der Waals surface area contributed by atoms with E-state index < -0.39 is 0 Å². The average molecular weight is 413 g/mol. The van der Waals surface area contributed by atoms with E-state index in [9.17, 15) is 5.26 Å². The molecule has 26 heavy (non-hydrogen) atoms. The highest BCUT2D eigenvalue weighted by Crippen LogP contribution is 2.26. The lowest BCUT2D eigenvalue weighted by Crippen LogP contribution is -2.06. The molecule has 0 atom stereocenters.